The van der Waals surface area contributed by atoms with Gasteiger partial charge in [-0.05, 0) is 18.2 Å². The van der Waals surface area contributed by atoms with Gasteiger partial charge >= 0.3 is 0 Å². The predicted molar refractivity (Wildman–Crippen MR) is 75.2 cm³/mol. The molecule has 106 valence electrons. The van der Waals surface area contributed by atoms with Crippen LogP contribution < -0.4 is 4.74 Å². The van der Waals surface area contributed by atoms with Gasteiger partial charge < -0.3 is 19.5 Å². The minimum Gasteiger partial charge on any atom is -0.484 e. The van der Waals surface area contributed by atoms with E-state index in [1.165, 1.54) is 12.0 Å². The second-order valence-electron chi connectivity index (χ2n) is 4.13. The van der Waals surface area contributed by atoms with Crippen molar-refractivity contribution in [2.45, 2.75) is 6.10 Å². The molecule has 0 saturated heterocycles. The topological polar surface area (TPSA) is 59.0 Å². The van der Waals surface area contributed by atoms with Gasteiger partial charge in [0.05, 0.1) is 12.7 Å². The number of likely N-dealkylation sites (N-methyl/N-ethyl adjacent to an activating group) is 1. The van der Waals surface area contributed by atoms with Crippen LogP contribution in [0.4, 0.5) is 0 Å². The molecule has 1 N–H and O–H groups in total. The standard InChI is InChI=1S/C13H18BrNO4/c1-15(7-11(16)8-18-2)13(17)9-19-12-5-3-4-10(14)6-12/h3-6,11,16H,7-9H2,1-2H3. The molecular weight excluding hydrogens is 314 g/mol. The Labute approximate surface area is 121 Å². The number of ether oxygens (including phenoxy) is 2. The SMILES string of the molecule is COCC(O)CN(C)C(=O)COc1cccc(Br)c1. The second-order valence-corrected chi connectivity index (χ2v) is 5.05. The minimum atomic E-state index is -0.690. The van der Waals surface area contributed by atoms with Gasteiger partial charge in [-0.2, -0.15) is 0 Å². The Bertz CT molecular complexity index is 413. The van der Waals surface area contributed by atoms with Gasteiger partial charge in [-0.25, -0.2) is 0 Å². The molecule has 0 aliphatic heterocycles. The molecule has 1 rings (SSSR count). The Balaban J connectivity index is 2.38. The van der Waals surface area contributed by atoms with Crippen LogP contribution in [0.2, 0.25) is 0 Å². The van der Waals surface area contributed by atoms with Crippen LogP contribution in [-0.4, -0.2) is 55.9 Å². The maximum atomic E-state index is 11.8. The molecule has 0 aromatic heterocycles. The van der Waals surface area contributed by atoms with Gasteiger partial charge in [0.1, 0.15) is 5.75 Å². The molecule has 1 unspecified atom stereocenters. The van der Waals surface area contributed by atoms with Gasteiger partial charge in [-0.1, -0.05) is 22.0 Å². The van der Waals surface area contributed by atoms with E-state index in [0.29, 0.717) is 5.75 Å². The van der Waals surface area contributed by atoms with Crippen LogP contribution in [0, 0.1) is 0 Å². The molecule has 0 heterocycles. The molecule has 0 radical (unpaired) electrons. The van der Waals surface area contributed by atoms with E-state index in [-0.39, 0.29) is 25.7 Å². The summed E-state index contributed by atoms with van der Waals surface area (Å²) >= 11 is 3.33. The molecule has 5 nitrogen and oxygen atoms in total. The highest BCUT2D eigenvalue weighted by molar-refractivity contribution is 9.10. The fourth-order valence-corrected chi connectivity index (χ4v) is 1.85. The van der Waals surface area contributed by atoms with Gasteiger partial charge in [0, 0.05) is 25.2 Å². The molecule has 6 heteroatoms. The van der Waals surface area contributed by atoms with Crippen molar-refractivity contribution in [1.29, 1.82) is 0 Å². The van der Waals surface area contributed by atoms with Gasteiger partial charge in [-0.15, -0.1) is 0 Å². The van der Waals surface area contributed by atoms with Crippen molar-refractivity contribution in [3.63, 3.8) is 0 Å². The summed E-state index contributed by atoms with van der Waals surface area (Å²) in [6.45, 7) is 0.352. The minimum absolute atomic E-state index is 0.0628. The highest BCUT2D eigenvalue weighted by Gasteiger charge is 2.14. The van der Waals surface area contributed by atoms with Gasteiger partial charge in [-0.3, -0.25) is 4.79 Å². The summed E-state index contributed by atoms with van der Waals surface area (Å²) in [5, 5.41) is 9.52. The lowest BCUT2D eigenvalue weighted by molar-refractivity contribution is -0.133. The van der Waals surface area contributed by atoms with Crippen LogP contribution in [0.1, 0.15) is 0 Å². The van der Waals surface area contributed by atoms with Crippen molar-refractivity contribution in [2.24, 2.45) is 0 Å². The first-order valence-electron chi connectivity index (χ1n) is 5.82. The maximum absolute atomic E-state index is 11.8. The van der Waals surface area contributed by atoms with Crippen LogP contribution in [0.25, 0.3) is 0 Å². The Morgan fingerprint density at radius 2 is 2.26 bits per heavy atom. The first-order valence-corrected chi connectivity index (χ1v) is 6.61. The molecule has 0 aliphatic carbocycles. The first-order chi connectivity index (χ1) is 9.02. The molecular formula is C13H18BrNO4. The van der Waals surface area contributed by atoms with E-state index in [4.69, 9.17) is 9.47 Å². The summed E-state index contributed by atoms with van der Waals surface area (Å²) in [4.78, 5) is 13.2. The number of aliphatic hydroxyl groups is 1. The number of hydrogen-bond donors (Lipinski definition) is 1. The van der Waals surface area contributed by atoms with Crippen LogP contribution >= 0.6 is 15.9 Å². The number of rotatable bonds is 7. The van der Waals surface area contributed by atoms with Crippen molar-refractivity contribution in [3.05, 3.63) is 28.7 Å². The Hall–Kier alpha value is -1.11. The summed E-state index contributed by atoms with van der Waals surface area (Å²) in [6.07, 6.45) is -0.690. The van der Waals surface area contributed by atoms with Crippen molar-refractivity contribution < 1.29 is 19.4 Å². The third-order valence-electron chi connectivity index (χ3n) is 2.43. The predicted octanol–water partition coefficient (Wildman–Crippen LogP) is 1.29. The van der Waals surface area contributed by atoms with Crippen LogP contribution in [0.5, 0.6) is 5.75 Å². The maximum Gasteiger partial charge on any atom is 0.260 e. The van der Waals surface area contributed by atoms with E-state index in [2.05, 4.69) is 15.9 Å². The van der Waals surface area contributed by atoms with Crippen molar-refractivity contribution >= 4 is 21.8 Å². The van der Waals surface area contributed by atoms with E-state index >= 15 is 0 Å². The molecule has 0 aliphatic rings. The van der Waals surface area contributed by atoms with Gasteiger partial charge in [0.25, 0.3) is 5.91 Å². The van der Waals surface area contributed by atoms with Gasteiger partial charge in [0.2, 0.25) is 0 Å². The number of nitrogens with zero attached hydrogens (tertiary/aromatic N) is 1. The van der Waals surface area contributed by atoms with Crippen LogP contribution in [0.15, 0.2) is 28.7 Å². The summed E-state index contributed by atoms with van der Waals surface area (Å²) < 4.78 is 11.1. The third-order valence-corrected chi connectivity index (χ3v) is 2.92. The van der Waals surface area contributed by atoms with Crippen molar-refractivity contribution in [3.8, 4) is 5.75 Å². The third kappa shape index (κ3) is 6.04. The molecule has 19 heavy (non-hydrogen) atoms. The summed E-state index contributed by atoms with van der Waals surface area (Å²) in [7, 11) is 3.12. The molecule has 1 amide bonds. The highest BCUT2D eigenvalue weighted by atomic mass is 79.9. The zero-order chi connectivity index (χ0) is 14.3. The first kappa shape index (κ1) is 15.9. The monoisotopic (exact) mass is 331 g/mol. The molecule has 1 atom stereocenters. The lowest BCUT2D eigenvalue weighted by atomic mass is 10.3. The average molecular weight is 332 g/mol. The average Bonchev–Trinajstić information content (AvgIpc) is 2.36. The summed E-state index contributed by atoms with van der Waals surface area (Å²) in [6, 6.07) is 7.27. The Morgan fingerprint density at radius 3 is 2.89 bits per heavy atom. The number of carbonyl (C=O) groups excluding carboxylic acids is 1. The lowest BCUT2D eigenvalue weighted by Gasteiger charge is -2.20. The van der Waals surface area contributed by atoms with Crippen LogP contribution in [-0.2, 0) is 9.53 Å². The summed E-state index contributed by atoms with van der Waals surface area (Å²) in [5.74, 6) is 0.420. The van der Waals surface area contributed by atoms with Crippen LogP contribution in [0.3, 0.4) is 0 Å². The molecule has 1 aromatic rings. The fourth-order valence-electron chi connectivity index (χ4n) is 1.48. The van der Waals surface area contributed by atoms with E-state index in [9.17, 15) is 9.90 Å². The second kappa shape index (κ2) is 8.14. The summed E-state index contributed by atoms with van der Waals surface area (Å²) in [5.41, 5.74) is 0. The molecule has 0 spiro atoms. The molecule has 0 saturated carbocycles. The number of methoxy groups -OCH3 is 1. The fraction of sp³-hybridized carbons (Fsp3) is 0.462. The van der Waals surface area contributed by atoms with Crippen molar-refractivity contribution in [2.75, 3.05) is 33.9 Å². The van der Waals surface area contributed by atoms with E-state index in [0.717, 1.165) is 4.47 Å². The normalized spacial score (nSPS) is 12.0. The number of halogens is 1. The van der Waals surface area contributed by atoms with Gasteiger partial charge in [0.15, 0.2) is 6.61 Å². The van der Waals surface area contributed by atoms with E-state index in [1.54, 1.807) is 19.2 Å². The number of amides is 1. The highest BCUT2D eigenvalue weighted by Crippen LogP contribution is 2.17. The number of carbonyl (C=O) groups is 1. The largest absolute Gasteiger partial charge is 0.484 e. The zero-order valence-electron chi connectivity index (χ0n) is 11.0. The molecule has 1 aromatic carbocycles. The smallest absolute Gasteiger partial charge is 0.260 e. The molecule has 0 fully saturated rings. The quantitative estimate of drug-likeness (QED) is 0.818. The number of benzene rings is 1. The molecule has 0 bridgehead atoms. The number of aliphatic hydroxyl groups excluding tert-OH is 1. The van der Waals surface area contributed by atoms with E-state index in [1.807, 2.05) is 12.1 Å². The lowest BCUT2D eigenvalue weighted by Crippen LogP contribution is -2.38. The number of hydrogen-bond acceptors (Lipinski definition) is 4. The van der Waals surface area contributed by atoms with E-state index < -0.39 is 6.10 Å². The van der Waals surface area contributed by atoms with Crippen molar-refractivity contribution in [1.82, 2.24) is 4.90 Å². The Morgan fingerprint density at radius 1 is 1.53 bits per heavy atom. The Kier molecular flexibility index (Phi) is 6.83. The zero-order valence-corrected chi connectivity index (χ0v) is 12.6.